The second-order valence-electron chi connectivity index (χ2n) is 6.59. The Morgan fingerprint density at radius 2 is 1.57 bits per heavy atom. The molecule has 1 aromatic heterocycles. The van der Waals surface area contributed by atoms with Gasteiger partial charge >= 0.3 is 0 Å². The standard InChI is InChI=1S/C21H23N5O2/c1-14-9-10-18(15(2)13-14)26-24-16(3)19(25-26)21(28)23-12-11-22-20(27)17-7-5-4-6-8-17/h4-10,13H,11-12H2,1-3H3,(H,22,27)(H,23,28). The number of hydrogen-bond acceptors (Lipinski definition) is 4. The fourth-order valence-corrected chi connectivity index (χ4v) is 2.85. The lowest BCUT2D eigenvalue weighted by Crippen LogP contribution is -2.35. The van der Waals surface area contributed by atoms with Crippen molar-refractivity contribution < 1.29 is 9.59 Å². The molecule has 0 unspecified atom stereocenters. The lowest BCUT2D eigenvalue weighted by molar-refractivity contribution is 0.0924. The minimum Gasteiger partial charge on any atom is -0.350 e. The first-order valence-corrected chi connectivity index (χ1v) is 9.08. The van der Waals surface area contributed by atoms with Gasteiger partial charge in [0.2, 0.25) is 0 Å². The van der Waals surface area contributed by atoms with E-state index in [0.29, 0.717) is 24.3 Å². The van der Waals surface area contributed by atoms with Gasteiger partial charge in [0, 0.05) is 18.7 Å². The summed E-state index contributed by atoms with van der Waals surface area (Å²) in [5, 5.41) is 14.2. The van der Waals surface area contributed by atoms with E-state index in [1.165, 1.54) is 4.80 Å². The molecule has 0 saturated carbocycles. The van der Waals surface area contributed by atoms with Crippen LogP contribution in [0.25, 0.3) is 5.69 Å². The van der Waals surface area contributed by atoms with E-state index in [1.54, 1.807) is 31.2 Å². The number of benzene rings is 2. The summed E-state index contributed by atoms with van der Waals surface area (Å²) in [7, 11) is 0. The Morgan fingerprint density at radius 1 is 0.893 bits per heavy atom. The topological polar surface area (TPSA) is 88.9 Å². The average Bonchev–Trinajstić information content (AvgIpc) is 3.07. The highest BCUT2D eigenvalue weighted by Crippen LogP contribution is 2.15. The minimum atomic E-state index is -0.317. The van der Waals surface area contributed by atoms with Gasteiger partial charge in [-0.05, 0) is 44.5 Å². The molecule has 0 fully saturated rings. The van der Waals surface area contributed by atoms with E-state index < -0.39 is 0 Å². The molecule has 0 atom stereocenters. The molecule has 2 aromatic carbocycles. The molecule has 1 heterocycles. The van der Waals surface area contributed by atoms with Crippen molar-refractivity contribution in [3.8, 4) is 5.69 Å². The summed E-state index contributed by atoms with van der Waals surface area (Å²) in [5.41, 5.74) is 4.43. The van der Waals surface area contributed by atoms with Crippen LogP contribution in [-0.2, 0) is 0 Å². The summed E-state index contributed by atoms with van der Waals surface area (Å²) in [6, 6.07) is 14.9. The molecule has 0 spiro atoms. The first-order valence-electron chi connectivity index (χ1n) is 9.08. The highest BCUT2D eigenvalue weighted by Gasteiger charge is 2.17. The van der Waals surface area contributed by atoms with E-state index in [-0.39, 0.29) is 17.5 Å². The van der Waals surface area contributed by atoms with E-state index in [0.717, 1.165) is 16.8 Å². The maximum atomic E-state index is 12.4. The van der Waals surface area contributed by atoms with Crippen molar-refractivity contribution in [1.82, 2.24) is 25.6 Å². The Labute approximate surface area is 163 Å². The molecule has 144 valence electrons. The zero-order valence-corrected chi connectivity index (χ0v) is 16.2. The highest BCUT2D eigenvalue weighted by atomic mass is 16.2. The van der Waals surface area contributed by atoms with Crippen LogP contribution in [0.1, 0.15) is 37.7 Å². The number of nitrogens with zero attached hydrogens (tertiary/aromatic N) is 3. The Balaban J connectivity index is 1.58. The largest absolute Gasteiger partial charge is 0.350 e. The molecular formula is C21H23N5O2. The van der Waals surface area contributed by atoms with Crippen molar-refractivity contribution in [2.75, 3.05) is 13.1 Å². The van der Waals surface area contributed by atoms with Crippen LogP contribution in [0.15, 0.2) is 48.5 Å². The number of hydrogen-bond donors (Lipinski definition) is 2. The fourth-order valence-electron chi connectivity index (χ4n) is 2.85. The molecule has 7 nitrogen and oxygen atoms in total. The Hall–Kier alpha value is -3.48. The number of aromatic nitrogens is 3. The molecule has 0 saturated heterocycles. The first-order chi connectivity index (χ1) is 13.5. The van der Waals surface area contributed by atoms with E-state index in [9.17, 15) is 9.59 Å². The van der Waals surface area contributed by atoms with E-state index in [1.807, 2.05) is 38.1 Å². The summed E-state index contributed by atoms with van der Waals surface area (Å²) < 4.78 is 0. The maximum absolute atomic E-state index is 12.4. The van der Waals surface area contributed by atoms with Crippen molar-refractivity contribution in [2.24, 2.45) is 0 Å². The van der Waals surface area contributed by atoms with E-state index in [4.69, 9.17) is 0 Å². The van der Waals surface area contributed by atoms with Gasteiger partial charge in [0.1, 0.15) is 0 Å². The molecule has 0 bridgehead atoms. The van der Waals surface area contributed by atoms with Gasteiger partial charge in [-0.3, -0.25) is 9.59 Å². The van der Waals surface area contributed by atoms with E-state index in [2.05, 4.69) is 20.8 Å². The Morgan fingerprint density at radius 3 is 2.25 bits per heavy atom. The Bertz CT molecular complexity index is 995. The van der Waals surface area contributed by atoms with Gasteiger partial charge in [-0.1, -0.05) is 35.9 Å². The summed E-state index contributed by atoms with van der Waals surface area (Å²) in [6.07, 6.45) is 0. The predicted octanol–water partition coefficient (Wildman–Crippen LogP) is 2.35. The third kappa shape index (κ3) is 4.43. The van der Waals surface area contributed by atoms with Crippen LogP contribution in [0.3, 0.4) is 0 Å². The third-order valence-electron chi connectivity index (χ3n) is 4.30. The van der Waals surface area contributed by atoms with Crippen molar-refractivity contribution in [3.63, 3.8) is 0 Å². The number of carbonyl (C=O) groups is 2. The summed E-state index contributed by atoms with van der Waals surface area (Å²) in [6.45, 7) is 6.38. The van der Waals surface area contributed by atoms with Gasteiger partial charge < -0.3 is 10.6 Å². The van der Waals surface area contributed by atoms with Crippen LogP contribution in [0, 0.1) is 20.8 Å². The molecule has 0 aliphatic rings. The van der Waals surface area contributed by atoms with Crippen LogP contribution in [0.5, 0.6) is 0 Å². The Kier molecular flexibility index (Phi) is 5.84. The number of nitrogens with one attached hydrogen (secondary N) is 2. The monoisotopic (exact) mass is 377 g/mol. The molecule has 3 rings (SSSR count). The van der Waals surface area contributed by atoms with Crippen LogP contribution in [0.2, 0.25) is 0 Å². The van der Waals surface area contributed by atoms with Gasteiger partial charge in [-0.15, -0.1) is 5.10 Å². The van der Waals surface area contributed by atoms with Crippen LogP contribution < -0.4 is 10.6 Å². The van der Waals surface area contributed by atoms with Crippen molar-refractivity contribution in [1.29, 1.82) is 0 Å². The number of amides is 2. The zero-order valence-electron chi connectivity index (χ0n) is 16.2. The highest BCUT2D eigenvalue weighted by molar-refractivity contribution is 5.94. The normalized spacial score (nSPS) is 10.5. The molecule has 0 aliphatic carbocycles. The number of rotatable bonds is 6. The smallest absolute Gasteiger partial charge is 0.273 e. The molecule has 0 radical (unpaired) electrons. The molecule has 2 amide bonds. The van der Waals surface area contributed by atoms with Crippen LogP contribution >= 0.6 is 0 Å². The minimum absolute atomic E-state index is 0.174. The van der Waals surface area contributed by atoms with Crippen LogP contribution in [-0.4, -0.2) is 39.9 Å². The van der Waals surface area contributed by atoms with Crippen molar-refractivity contribution in [3.05, 3.63) is 76.6 Å². The van der Waals surface area contributed by atoms with Crippen molar-refractivity contribution in [2.45, 2.75) is 20.8 Å². The van der Waals surface area contributed by atoms with Crippen LogP contribution in [0.4, 0.5) is 0 Å². The molecule has 2 N–H and O–H groups in total. The number of carbonyl (C=O) groups excluding carboxylic acids is 2. The average molecular weight is 377 g/mol. The van der Waals surface area contributed by atoms with E-state index >= 15 is 0 Å². The van der Waals surface area contributed by atoms with Gasteiger partial charge in [0.15, 0.2) is 5.69 Å². The molecule has 28 heavy (non-hydrogen) atoms. The van der Waals surface area contributed by atoms with Gasteiger partial charge in [0.25, 0.3) is 11.8 Å². The van der Waals surface area contributed by atoms with Gasteiger partial charge in [-0.2, -0.15) is 9.90 Å². The summed E-state index contributed by atoms with van der Waals surface area (Å²) in [5.74, 6) is -0.491. The second-order valence-corrected chi connectivity index (χ2v) is 6.59. The maximum Gasteiger partial charge on any atom is 0.273 e. The third-order valence-corrected chi connectivity index (χ3v) is 4.30. The van der Waals surface area contributed by atoms with Crippen molar-refractivity contribution >= 4 is 11.8 Å². The zero-order chi connectivity index (χ0) is 20.1. The second kappa shape index (κ2) is 8.47. The summed E-state index contributed by atoms with van der Waals surface area (Å²) in [4.78, 5) is 25.9. The molecule has 7 heteroatoms. The lowest BCUT2D eigenvalue weighted by Gasteiger charge is -2.06. The van der Waals surface area contributed by atoms with Gasteiger partial charge in [0.05, 0.1) is 11.4 Å². The molecule has 3 aromatic rings. The summed E-state index contributed by atoms with van der Waals surface area (Å²) >= 11 is 0. The first kappa shape index (κ1) is 19.3. The number of aryl methyl sites for hydroxylation is 3. The quantitative estimate of drug-likeness (QED) is 0.646. The lowest BCUT2D eigenvalue weighted by atomic mass is 10.1. The predicted molar refractivity (Wildman–Crippen MR) is 107 cm³/mol. The SMILES string of the molecule is Cc1ccc(-n2nc(C)c(C(=O)NCCNC(=O)c3ccccc3)n2)c(C)c1. The molecular weight excluding hydrogens is 354 g/mol. The van der Waals surface area contributed by atoms with Gasteiger partial charge in [-0.25, -0.2) is 0 Å². The fraction of sp³-hybridized carbons (Fsp3) is 0.238. The molecule has 0 aliphatic heterocycles.